The van der Waals surface area contributed by atoms with Crippen LogP contribution in [0.5, 0.6) is 11.5 Å². The van der Waals surface area contributed by atoms with E-state index < -0.39 is 5.97 Å². The summed E-state index contributed by atoms with van der Waals surface area (Å²) in [7, 11) is 0. The number of carboxylic acids is 1. The van der Waals surface area contributed by atoms with Gasteiger partial charge in [0.15, 0.2) is 0 Å². The molecule has 2 aromatic carbocycles. The molecule has 0 saturated carbocycles. The Kier molecular flexibility index (Phi) is 3.97. The van der Waals surface area contributed by atoms with E-state index in [9.17, 15) is 4.79 Å². The maximum atomic E-state index is 11.1. The smallest absolute Gasteiger partial charge is 0.339 e. The fraction of sp³-hybridized carbons (Fsp3) is 0.0714. The molecule has 98 valence electrons. The van der Waals surface area contributed by atoms with Crippen molar-refractivity contribution in [3.8, 4) is 11.5 Å². The van der Waals surface area contributed by atoms with Crippen molar-refractivity contribution in [3.05, 3.63) is 48.0 Å². The molecule has 4 nitrogen and oxygen atoms in total. The second-order valence-electron chi connectivity index (χ2n) is 3.84. The maximum Gasteiger partial charge on any atom is 0.339 e. The first-order valence-corrected chi connectivity index (χ1v) is 6.77. The first-order chi connectivity index (χ1) is 9.10. The van der Waals surface area contributed by atoms with Gasteiger partial charge in [-0.2, -0.15) is 0 Å². The van der Waals surface area contributed by atoms with E-state index in [1.165, 1.54) is 6.07 Å². The number of anilines is 1. The zero-order valence-electron chi connectivity index (χ0n) is 10.3. The van der Waals surface area contributed by atoms with E-state index in [1.54, 1.807) is 36.0 Å². The number of nitrogens with two attached hydrogens (primary N) is 1. The summed E-state index contributed by atoms with van der Waals surface area (Å²) < 4.78 is 5.58. The lowest BCUT2D eigenvalue weighted by atomic mass is 10.2. The molecule has 0 aliphatic carbocycles. The van der Waals surface area contributed by atoms with Gasteiger partial charge < -0.3 is 15.6 Å². The van der Waals surface area contributed by atoms with Gasteiger partial charge in [-0.05, 0) is 48.7 Å². The third-order valence-electron chi connectivity index (χ3n) is 2.52. The summed E-state index contributed by atoms with van der Waals surface area (Å²) >= 11 is 1.63. The third-order valence-corrected chi connectivity index (χ3v) is 3.26. The Balaban J connectivity index is 2.29. The molecular weight excluding hydrogens is 262 g/mol. The number of ether oxygens (including phenoxy) is 1. The minimum absolute atomic E-state index is 0.0499. The Morgan fingerprint density at radius 3 is 2.47 bits per heavy atom. The van der Waals surface area contributed by atoms with Gasteiger partial charge in [-0.3, -0.25) is 0 Å². The highest BCUT2D eigenvalue weighted by molar-refractivity contribution is 7.98. The maximum absolute atomic E-state index is 11.1. The summed E-state index contributed by atoms with van der Waals surface area (Å²) in [4.78, 5) is 12.2. The van der Waals surface area contributed by atoms with Gasteiger partial charge in [0, 0.05) is 10.6 Å². The average molecular weight is 275 g/mol. The van der Waals surface area contributed by atoms with Crippen molar-refractivity contribution in [1.82, 2.24) is 0 Å². The second kappa shape index (κ2) is 5.67. The number of benzene rings is 2. The molecule has 0 radical (unpaired) electrons. The van der Waals surface area contributed by atoms with E-state index in [0.717, 1.165) is 4.90 Å². The summed E-state index contributed by atoms with van der Waals surface area (Å²) in [5.74, 6) is -0.202. The van der Waals surface area contributed by atoms with Crippen molar-refractivity contribution < 1.29 is 14.6 Å². The van der Waals surface area contributed by atoms with Crippen molar-refractivity contribution in [2.45, 2.75) is 4.90 Å². The highest BCUT2D eigenvalue weighted by atomic mass is 32.2. The van der Waals surface area contributed by atoms with E-state index in [-0.39, 0.29) is 11.3 Å². The predicted molar refractivity (Wildman–Crippen MR) is 76.1 cm³/mol. The van der Waals surface area contributed by atoms with Crippen molar-refractivity contribution in [2.75, 3.05) is 12.0 Å². The van der Waals surface area contributed by atoms with Crippen LogP contribution in [-0.4, -0.2) is 17.3 Å². The molecule has 0 spiro atoms. The largest absolute Gasteiger partial charge is 0.478 e. The van der Waals surface area contributed by atoms with Crippen LogP contribution in [0.25, 0.3) is 0 Å². The van der Waals surface area contributed by atoms with Crippen LogP contribution >= 0.6 is 11.8 Å². The van der Waals surface area contributed by atoms with E-state index in [2.05, 4.69) is 0 Å². The fourth-order valence-electron chi connectivity index (χ4n) is 1.57. The molecule has 5 heteroatoms. The van der Waals surface area contributed by atoms with Gasteiger partial charge in [0.25, 0.3) is 0 Å². The minimum Gasteiger partial charge on any atom is -0.478 e. The van der Waals surface area contributed by atoms with Gasteiger partial charge in [-0.15, -0.1) is 11.8 Å². The number of carboxylic acid groups (broad SMARTS) is 1. The van der Waals surface area contributed by atoms with Gasteiger partial charge in [0.1, 0.15) is 17.1 Å². The molecule has 3 N–H and O–H groups in total. The van der Waals surface area contributed by atoms with Crippen molar-refractivity contribution in [2.24, 2.45) is 0 Å². The number of aromatic carboxylic acids is 1. The quantitative estimate of drug-likeness (QED) is 0.660. The monoisotopic (exact) mass is 275 g/mol. The van der Waals surface area contributed by atoms with Gasteiger partial charge in [-0.1, -0.05) is 0 Å². The molecule has 0 aliphatic rings. The number of hydrogen-bond donors (Lipinski definition) is 2. The molecule has 0 aliphatic heterocycles. The van der Waals surface area contributed by atoms with E-state index in [0.29, 0.717) is 11.4 Å². The van der Waals surface area contributed by atoms with Crippen LogP contribution in [0.15, 0.2) is 47.4 Å². The van der Waals surface area contributed by atoms with Crippen molar-refractivity contribution in [1.29, 1.82) is 0 Å². The average Bonchev–Trinajstić information content (AvgIpc) is 2.41. The highest BCUT2D eigenvalue weighted by Crippen LogP contribution is 2.28. The molecule has 0 unspecified atom stereocenters. The summed E-state index contributed by atoms with van der Waals surface area (Å²) in [6.07, 6.45) is 1.98. The molecule has 2 aromatic rings. The normalized spacial score (nSPS) is 10.2. The first kappa shape index (κ1) is 13.3. The Hall–Kier alpha value is -2.14. The van der Waals surface area contributed by atoms with Crippen LogP contribution in [-0.2, 0) is 0 Å². The number of nitrogen functional groups attached to an aromatic ring is 1. The standard InChI is InChI=1S/C14H13NO3S/c1-19-11-5-3-10(4-6-11)18-13-7-2-9(15)8-12(13)14(16)17/h2-8H,15H2,1H3,(H,16,17). The fourth-order valence-corrected chi connectivity index (χ4v) is 1.98. The molecule has 0 aromatic heterocycles. The second-order valence-corrected chi connectivity index (χ2v) is 4.72. The zero-order chi connectivity index (χ0) is 13.8. The van der Waals surface area contributed by atoms with Gasteiger partial charge in [-0.25, -0.2) is 4.79 Å². The van der Waals surface area contributed by atoms with Crippen LogP contribution in [0.4, 0.5) is 5.69 Å². The van der Waals surface area contributed by atoms with Crippen LogP contribution in [0.1, 0.15) is 10.4 Å². The summed E-state index contributed by atoms with van der Waals surface area (Å²) in [5, 5.41) is 9.11. The van der Waals surface area contributed by atoms with Gasteiger partial charge >= 0.3 is 5.97 Å². The summed E-state index contributed by atoms with van der Waals surface area (Å²) in [6.45, 7) is 0. The van der Waals surface area contributed by atoms with Crippen LogP contribution in [0, 0.1) is 0 Å². The van der Waals surface area contributed by atoms with Crippen molar-refractivity contribution in [3.63, 3.8) is 0 Å². The van der Waals surface area contributed by atoms with E-state index in [4.69, 9.17) is 15.6 Å². The van der Waals surface area contributed by atoms with Gasteiger partial charge in [0.2, 0.25) is 0 Å². The third kappa shape index (κ3) is 3.20. The summed E-state index contributed by atoms with van der Waals surface area (Å²) in [6, 6.07) is 12.0. The zero-order valence-corrected chi connectivity index (χ0v) is 11.1. The molecule has 19 heavy (non-hydrogen) atoms. The predicted octanol–water partition coefficient (Wildman–Crippen LogP) is 3.48. The molecule has 2 rings (SSSR count). The molecule has 0 atom stereocenters. The van der Waals surface area contributed by atoms with E-state index in [1.807, 2.05) is 18.4 Å². The lowest BCUT2D eigenvalue weighted by Crippen LogP contribution is -2.01. The Morgan fingerprint density at radius 1 is 1.21 bits per heavy atom. The van der Waals surface area contributed by atoms with Crippen LogP contribution < -0.4 is 10.5 Å². The lowest BCUT2D eigenvalue weighted by molar-refractivity contribution is 0.0694. The highest BCUT2D eigenvalue weighted by Gasteiger charge is 2.12. The molecule has 0 heterocycles. The minimum atomic E-state index is -1.07. The number of hydrogen-bond acceptors (Lipinski definition) is 4. The first-order valence-electron chi connectivity index (χ1n) is 5.55. The number of thioether (sulfide) groups is 1. The molecule has 0 bridgehead atoms. The van der Waals surface area contributed by atoms with Crippen LogP contribution in [0.3, 0.4) is 0 Å². The lowest BCUT2D eigenvalue weighted by Gasteiger charge is -2.09. The molecular formula is C14H13NO3S. The van der Waals surface area contributed by atoms with Gasteiger partial charge in [0.05, 0.1) is 0 Å². The Morgan fingerprint density at radius 2 is 1.89 bits per heavy atom. The summed E-state index contributed by atoms with van der Waals surface area (Å²) in [5.41, 5.74) is 6.02. The van der Waals surface area contributed by atoms with E-state index >= 15 is 0 Å². The van der Waals surface area contributed by atoms with Crippen molar-refractivity contribution >= 4 is 23.4 Å². The number of rotatable bonds is 4. The number of carbonyl (C=O) groups is 1. The molecule has 0 fully saturated rings. The topological polar surface area (TPSA) is 72.5 Å². The Bertz CT molecular complexity index is 596. The SMILES string of the molecule is CSc1ccc(Oc2ccc(N)cc2C(=O)O)cc1. The molecule has 0 saturated heterocycles. The Labute approximate surface area is 115 Å². The molecule has 0 amide bonds. The van der Waals surface area contributed by atoms with Crippen LogP contribution in [0.2, 0.25) is 0 Å².